The minimum absolute atomic E-state index is 0.00620. The zero-order valence-electron chi connectivity index (χ0n) is 14.9. The van der Waals surface area contributed by atoms with E-state index in [1.807, 2.05) is 24.3 Å². The van der Waals surface area contributed by atoms with Crippen molar-refractivity contribution in [1.82, 2.24) is 0 Å². The fourth-order valence-electron chi connectivity index (χ4n) is 3.14. The van der Waals surface area contributed by atoms with Crippen LogP contribution in [0.25, 0.3) is 0 Å². The van der Waals surface area contributed by atoms with E-state index in [1.165, 1.54) is 32.1 Å². The van der Waals surface area contributed by atoms with E-state index < -0.39 is 0 Å². The van der Waals surface area contributed by atoms with E-state index in [0.717, 1.165) is 30.4 Å². The van der Waals surface area contributed by atoms with Gasteiger partial charge < -0.3 is 10.1 Å². The number of amides is 1. The lowest BCUT2D eigenvalue weighted by Crippen LogP contribution is -2.19. The summed E-state index contributed by atoms with van der Waals surface area (Å²) in [4.78, 5) is 11.9. The molecule has 1 aromatic rings. The van der Waals surface area contributed by atoms with Gasteiger partial charge in [0.25, 0.3) is 0 Å². The summed E-state index contributed by atoms with van der Waals surface area (Å²) in [5, 5.41) is 2.94. The zero-order chi connectivity index (χ0) is 16.7. The number of hydrogen-bond donors (Lipinski definition) is 1. The summed E-state index contributed by atoms with van der Waals surface area (Å²) in [5.74, 6) is 1.79. The third kappa shape index (κ3) is 7.06. The first kappa shape index (κ1) is 17.8. The van der Waals surface area contributed by atoms with Gasteiger partial charge in [0.05, 0.1) is 6.61 Å². The van der Waals surface area contributed by atoms with Gasteiger partial charge in [-0.2, -0.15) is 0 Å². The molecule has 3 nitrogen and oxygen atoms in total. The highest BCUT2D eigenvalue weighted by Crippen LogP contribution is 2.26. The molecule has 0 unspecified atom stereocenters. The van der Waals surface area contributed by atoms with Gasteiger partial charge in [0, 0.05) is 12.1 Å². The van der Waals surface area contributed by atoms with Crippen LogP contribution in [-0.4, -0.2) is 12.5 Å². The van der Waals surface area contributed by atoms with Gasteiger partial charge >= 0.3 is 0 Å². The Morgan fingerprint density at radius 1 is 1.13 bits per heavy atom. The summed E-state index contributed by atoms with van der Waals surface area (Å²) in [6.07, 6.45) is 8.57. The molecule has 128 valence electrons. The molecule has 1 N–H and O–H groups in total. The second kappa shape index (κ2) is 8.37. The number of benzene rings is 1. The molecule has 0 heterocycles. The number of carbonyl (C=O) groups excluding carboxylic acids is 1. The SMILES string of the molecule is CC(C)(C)CC(=O)Nc1ccc(OCCC2CCCCC2)cc1. The summed E-state index contributed by atoms with van der Waals surface area (Å²) < 4.78 is 5.84. The van der Waals surface area contributed by atoms with E-state index in [4.69, 9.17) is 4.74 Å². The smallest absolute Gasteiger partial charge is 0.224 e. The van der Waals surface area contributed by atoms with Gasteiger partial charge in [-0.25, -0.2) is 0 Å². The van der Waals surface area contributed by atoms with E-state index in [0.29, 0.717) is 6.42 Å². The molecule has 0 spiro atoms. The van der Waals surface area contributed by atoms with Crippen LogP contribution in [-0.2, 0) is 4.79 Å². The standard InChI is InChI=1S/C20H31NO2/c1-20(2,3)15-19(22)21-17-9-11-18(12-10-17)23-14-13-16-7-5-4-6-8-16/h9-12,16H,4-8,13-15H2,1-3H3,(H,21,22). The Labute approximate surface area is 140 Å². The predicted molar refractivity (Wildman–Crippen MR) is 95.8 cm³/mol. The van der Waals surface area contributed by atoms with Crippen molar-refractivity contribution in [2.75, 3.05) is 11.9 Å². The van der Waals surface area contributed by atoms with Crippen molar-refractivity contribution < 1.29 is 9.53 Å². The highest BCUT2D eigenvalue weighted by Gasteiger charge is 2.16. The first-order chi connectivity index (χ1) is 10.9. The Hall–Kier alpha value is -1.51. The Morgan fingerprint density at radius 2 is 1.78 bits per heavy atom. The third-order valence-electron chi connectivity index (χ3n) is 4.35. The van der Waals surface area contributed by atoms with Crippen molar-refractivity contribution in [3.05, 3.63) is 24.3 Å². The second-order valence-electron chi connectivity index (χ2n) is 7.95. The van der Waals surface area contributed by atoms with Gasteiger partial charge in [-0.05, 0) is 42.0 Å². The van der Waals surface area contributed by atoms with Crippen molar-refractivity contribution >= 4 is 11.6 Å². The number of rotatable bonds is 6. The first-order valence-electron chi connectivity index (χ1n) is 8.95. The predicted octanol–water partition coefficient (Wildman–Crippen LogP) is 5.41. The normalized spacial score (nSPS) is 16.1. The fraction of sp³-hybridized carbons (Fsp3) is 0.650. The largest absolute Gasteiger partial charge is 0.494 e. The molecule has 1 saturated carbocycles. The molecule has 23 heavy (non-hydrogen) atoms. The molecule has 0 bridgehead atoms. The van der Waals surface area contributed by atoms with Crippen molar-refractivity contribution in [2.45, 2.75) is 65.7 Å². The van der Waals surface area contributed by atoms with Crippen molar-refractivity contribution in [3.8, 4) is 5.75 Å². The van der Waals surface area contributed by atoms with E-state index in [1.54, 1.807) is 0 Å². The molecule has 0 aliphatic heterocycles. The van der Waals surface area contributed by atoms with E-state index >= 15 is 0 Å². The molecule has 1 aliphatic rings. The molecule has 1 amide bonds. The van der Waals surface area contributed by atoms with Crippen LogP contribution in [0.5, 0.6) is 5.75 Å². The second-order valence-corrected chi connectivity index (χ2v) is 7.95. The number of nitrogens with one attached hydrogen (secondary N) is 1. The monoisotopic (exact) mass is 317 g/mol. The van der Waals surface area contributed by atoms with Crippen LogP contribution < -0.4 is 10.1 Å². The highest BCUT2D eigenvalue weighted by atomic mass is 16.5. The quantitative estimate of drug-likeness (QED) is 0.761. The maximum atomic E-state index is 11.9. The lowest BCUT2D eigenvalue weighted by Gasteiger charge is -2.21. The van der Waals surface area contributed by atoms with Crippen LogP contribution in [0, 0.1) is 11.3 Å². The van der Waals surface area contributed by atoms with Crippen LogP contribution in [0.1, 0.15) is 65.7 Å². The summed E-state index contributed by atoms with van der Waals surface area (Å²) in [6.45, 7) is 6.99. The lowest BCUT2D eigenvalue weighted by atomic mass is 9.87. The van der Waals surface area contributed by atoms with Gasteiger partial charge in [0.1, 0.15) is 5.75 Å². The highest BCUT2D eigenvalue weighted by molar-refractivity contribution is 5.91. The maximum absolute atomic E-state index is 11.9. The summed E-state index contributed by atoms with van der Waals surface area (Å²) in [7, 11) is 0. The van der Waals surface area contributed by atoms with Crippen LogP contribution in [0.2, 0.25) is 0 Å². The molecule has 0 radical (unpaired) electrons. The van der Waals surface area contributed by atoms with Gasteiger partial charge in [-0.15, -0.1) is 0 Å². The molecule has 0 atom stereocenters. The van der Waals surface area contributed by atoms with Crippen LogP contribution in [0.4, 0.5) is 5.69 Å². The van der Waals surface area contributed by atoms with Crippen LogP contribution in [0.3, 0.4) is 0 Å². The Morgan fingerprint density at radius 3 is 2.39 bits per heavy atom. The average molecular weight is 317 g/mol. The van der Waals surface area contributed by atoms with Crippen molar-refractivity contribution in [2.24, 2.45) is 11.3 Å². The average Bonchev–Trinajstić information content (AvgIpc) is 2.48. The lowest BCUT2D eigenvalue weighted by molar-refractivity contribution is -0.117. The maximum Gasteiger partial charge on any atom is 0.224 e. The Bertz CT molecular complexity index is 481. The van der Waals surface area contributed by atoms with E-state index in [2.05, 4.69) is 26.1 Å². The topological polar surface area (TPSA) is 38.3 Å². The van der Waals surface area contributed by atoms with Crippen LogP contribution in [0.15, 0.2) is 24.3 Å². The summed E-state index contributed by atoms with van der Waals surface area (Å²) in [6, 6.07) is 7.70. The summed E-state index contributed by atoms with van der Waals surface area (Å²) in [5.41, 5.74) is 0.839. The molecule has 0 aromatic heterocycles. The van der Waals surface area contributed by atoms with Crippen molar-refractivity contribution in [1.29, 1.82) is 0 Å². The van der Waals surface area contributed by atoms with Gasteiger partial charge in [0.15, 0.2) is 0 Å². The molecular weight excluding hydrogens is 286 g/mol. The van der Waals surface area contributed by atoms with Crippen molar-refractivity contribution in [3.63, 3.8) is 0 Å². The molecule has 1 aliphatic carbocycles. The Balaban J connectivity index is 1.72. The third-order valence-corrected chi connectivity index (χ3v) is 4.35. The molecular formula is C20H31NO2. The molecule has 1 fully saturated rings. The summed E-state index contributed by atoms with van der Waals surface area (Å²) >= 11 is 0. The zero-order valence-corrected chi connectivity index (χ0v) is 14.9. The number of hydrogen-bond acceptors (Lipinski definition) is 2. The Kier molecular flexibility index (Phi) is 6.49. The van der Waals surface area contributed by atoms with E-state index in [-0.39, 0.29) is 11.3 Å². The molecule has 3 heteroatoms. The van der Waals surface area contributed by atoms with Gasteiger partial charge in [-0.3, -0.25) is 4.79 Å². The number of carbonyl (C=O) groups is 1. The molecule has 2 rings (SSSR count). The van der Waals surface area contributed by atoms with E-state index in [9.17, 15) is 4.79 Å². The molecule has 0 saturated heterocycles. The molecule has 1 aromatic carbocycles. The van der Waals surface area contributed by atoms with Gasteiger partial charge in [-0.1, -0.05) is 52.9 Å². The number of ether oxygens (including phenoxy) is 1. The fourth-order valence-corrected chi connectivity index (χ4v) is 3.14. The number of anilines is 1. The minimum Gasteiger partial charge on any atom is -0.494 e. The van der Waals surface area contributed by atoms with Gasteiger partial charge in [0.2, 0.25) is 5.91 Å². The van der Waals surface area contributed by atoms with Crippen LogP contribution >= 0.6 is 0 Å². The first-order valence-corrected chi connectivity index (χ1v) is 8.95. The minimum atomic E-state index is 0.00620.